The predicted molar refractivity (Wildman–Crippen MR) is 65.6 cm³/mol. The molecule has 1 aromatic heterocycles. The maximum absolute atomic E-state index is 11.8. The van der Waals surface area contributed by atoms with Crippen molar-refractivity contribution >= 4 is 27.3 Å². The average molecular weight is 286 g/mol. The van der Waals surface area contributed by atoms with Crippen LogP contribution in [0, 0.1) is 11.3 Å². The van der Waals surface area contributed by atoms with Gasteiger partial charge in [0.25, 0.3) is 10.0 Å². The van der Waals surface area contributed by atoms with Crippen LogP contribution in [0.15, 0.2) is 29.0 Å². The Hall–Kier alpha value is -1.69. The minimum Gasteiger partial charge on any atom is -0.480 e. The lowest BCUT2D eigenvalue weighted by atomic mass is 10.2. The first kappa shape index (κ1) is 14.4. The highest BCUT2D eigenvalue weighted by atomic mass is 32.2. The third-order valence-corrected chi connectivity index (χ3v) is 4.91. The zero-order valence-corrected chi connectivity index (χ0v) is 10.8. The number of sulfonamides is 1. The first-order chi connectivity index (χ1) is 8.40. The van der Waals surface area contributed by atoms with E-state index in [1.54, 1.807) is 0 Å². The molecule has 0 saturated carbocycles. The van der Waals surface area contributed by atoms with Crippen molar-refractivity contribution in [2.24, 2.45) is 0 Å². The highest BCUT2D eigenvalue weighted by Gasteiger charge is 2.25. The van der Waals surface area contributed by atoms with Gasteiger partial charge in [0.05, 0.1) is 0 Å². The molecule has 0 amide bonds. The Morgan fingerprint density at radius 2 is 2.33 bits per heavy atom. The summed E-state index contributed by atoms with van der Waals surface area (Å²) in [5, 5.41) is 17.5. The SMILES string of the molecule is C=CCC(NS(=O)(=O)c1ccc(C#N)s1)C(=O)O. The van der Waals surface area contributed by atoms with Crippen molar-refractivity contribution in [1.82, 2.24) is 4.72 Å². The summed E-state index contributed by atoms with van der Waals surface area (Å²) < 4.78 is 25.6. The second-order valence-electron chi connectivity index (χ2n) is 3.27. The number of aliphatic carboxylic acids is 1. The maximum Gasteiger partial charge on any atom is 0.322 e. The number of carboxylic acids is 1. The second-order valence-corrected chi connectivity index (χ2v) is 6.29. The van der Waals surface area contributed by atoms with Crippen LogP contribution < -0.4 is 4.72 Å². The van der Waals surface area contributed by atoms with E-state index in [2.05, 4.69) is 6.58 Å². The van der Waals surface area contributed by atoms with E-state index in [1.807, 2.05) is 10.8 Å². The molecule has 1 heterocycles. The van der Waals surface area contributed by atoms with Crippen LogP contribution in [0.5, 0.6) is 0 Å². The number of carbonyl (C=O) groups is 1. The molecule has 2 N–H and O–H groups in total. The molecule has 96 valence electrons. The molecule has 0 aliphatic heterocycles. The van der Waals surface area contributed by atoms with E-state index in [0.29, 0.717) is 0 Å². The summed E-state index contributed by atoms with van der Waals surface area (Å²) >= 11 is 0.781. The molecule has 0 bridgehead atoms. The van der Waals surface area contributed by atoms with Crippen LogP contribution in [0.3, 0.4) is 0 Å². The van der Waals surface area contributed by atoms with E-state index in [1.165, 1.54) is 18.2 Å². The van der Waals surface area contributed by atoms with E-state index >= 15 is 0 Å². The third kappa shape index (κ3) is 3.40. The van der Waals surface area contributed by atoms with Crippen molar-refractivity contribution in [3.63, 3.8) is 0 Å². The van der Waals surface area contributed by atoms with Gasteiger partial charge in [0.1, 0.15) is 21.2 Å². The quantitative estimate of drug-likeness (QED) is 0.756. The predicted octanol–water partition coefficient (Wildman–Crippen LogP) is 0.927. The van der Waals surface area contributed by atoms with E-state index < -0.39 is 22.0 Å². The van der Waals surface area contributed by atoms with Crippen LogP contribution in [0.25, 0.3) is 0 Å². The Morgan fingerprint density at radius 1 is 1.67 bits per heavy atom. The fourth-order valence-corrected chi connectivity index (χ4v) is 3.46. The Labute approximate surface area is 108 Å². The van der Waals surface area contributed by atoms with Gasteiger partial charge in [-0.2, -0.15) is 9.98 Å². The molecule has 1 rings (SSSR count). The van der Waals surface area contributed by atoms with Gasteiger partial charge in [-0.05, 0) is 18.6 Å². The minimum absolute atomic E-state index is 0.0228. The van der Waals surface area contributed by atoms with E-state index in [4.69, 9.17) is 10.4 Å². The Morgan fingerprint density at radius 3 is 2.78 bits per heavy atom. The summed E-state index contributed by atoms with van der Waals surface area (Å²) in [5.74, 6) is -1.28. The van der Waals surface area contributed by atoms with Crippen molar-refractivity contribution in [2.45, 2.75) is 16.7 Å². The number of nitrogens with zero attached hydrogens (tertiary/aromatic N) is 1. The molecule has 0 aliphatic rings. The third-order valence-electron chi connectivity index (χ3n) is 1.95. The number of hydrogen-bond donors (Lipinski definition) is 2. The van der Waals surface area contributed by atoms with Crippen molar-refractivity contribution in [3.8, 4) is 6.07 Å². The summed E-state index contributed by atoms with van der Waals surface area (Å²) in [6, 6.07) is 3.18. The minimum atomic E-state index is -3.93. The van der Waals surface area contributed by atoms with Gasteiger partial charge in [0, 0.05) is 0 Å². The summed E-state index contributed by atoms with van der Waals surface area (Å²) in [5.41, 5.74) is 0. The molecule has 0 aliphatic carbocycles. The van der Waals surface area contributed by atoms with Crippen molar-refractivity contribution in [2.75, 3.05) is 0 Å². The van der Waals surface area contributed by atoms with Crippen molar-refractivity contribution < 1.29 is 18.3 Å². The van der Waals surface area contributed by atoms with Crippen LogP contribution in [0.1, 0.15) is 11.3 Å². The number of nitrogens with one attached hydrogen (secondary N) is 1. The molecule has 0 fully saturated rings. The lowest BCUT2D eigenvalue weighted by Gasteiger charge is -2.11. The molecular weight excluding hydrogens is 276 g/mol. The standard InChI is InChI=1S/C10H10N2O4S2/c1-2-3-8(10(13)14)12-18(15,16)9-5-4-7(6-11)17-9/h2,4-5,8,12H,1,3H2,(H,13,14). The maximum atomic E-state index is 11.8. The van der Waals surface area contributed by atoms with Crippen LogP contribution in [0.2, 0.25) is 0 Å². The first-order valence-electron chi connectivity index (χ1n) is 4.76. The monoisotopic (exact) mass is 286 g/mol. The molecule has 8 heteroatoms. The van der Waals surface area contributed by atoms with Crippen molar-refractivity contribution in [3.05, 3.63) is 29.7 Å². The molecule has 0 aromatic carbocycles. The van der Waals surface area contributed by atoms with Crippen LogP contribution in [0.4, 0.5) is 0 Å². The van der Waals surface area contributed by atoms with Crippen molar-refractivity contribution in [1.29, 1.82) is 5.26 Å². The zero-order valence-electron chi connectivity index (χ0n) is 9.16. The summed E-state index contributed by atoms with van der Waals surface area (Å²) in [7, 11) is -3.93. The lowest BCUT2D eigenvalue weighted by Crippen LogP contribution is -2.40. The van der Waals surface area contributed by atoms with Gasteiger partial charge in [-0.3, -0.25) is 4.79 Å². The molecule has 1 unspecified atom stereocenters. The lowest BCUT2D eigenvalue weighted by molar-refractivity contribution is -0.138. The van der Waals surface area contributed by atoms with E-state index in [-0.39, 0.29) is 15.5 Å². The topological polar surface area (TPSA) is 107 Å². The average Bonchev–Trinajstić information content (AvgIpc) is 2.77. The molecular formula is C10H10N2O4S2. The van der Waals surface area contributed by atoms with Gasteiger partial charge in [-0.15, -0.1) is 17.9 Å². The van der Waals surface area contributed by atoms with Gasteiger partial charge in [-0.25, -0.2) is 8.42 Å². The normalized spacial score (nSPS) is 12.6. The molecule has 0 radical (unpaired) electrons. The molecule has 0 spiro atoms. The van der Waals surface area contributed by atoms with Gasteiger partial charge in [0.2, 0.25) is 0 Å². The zero-order chi connectivity index (χ0) is 13.8. The van der Waals surface area contributed by atoms with Gasteiger partial charge < -0.3 is 5.11 Å². The van der Waals surface area contributed by atoms with E-state index in [0.717, 1.165) is 11.3 Å². The number of thiophene rings is 1. The molecule has 6 nitrogen and oxygen atoms in total. The summed E-state index contributed by atoms with van der Waals surface area (Å²) in [6.45, 7) is 3.36. The molecule has 18 heavy (non-hydrogen) atoms. The molecule has 1 aromatic rings. The Bertz CT molecular complexity index is 598. The highest BCUT2D eigenvalue weighted by Crippen LogP contribution is 2.21. The fourth-order valence-electron chi connectivity index (χ4n) is 1.14. The molecule has 0 saturated heterocycles. The Kier molecular flexibility index (Phi) is 4.61. The largest absolute Gasteiger partial charge is 0.480 e. The van der Waals surface area contributed by atoms with Crippen LogP contribution in [-0.4, -0.2) is 25.5 Å². The van der Waals surface area contributed by atoms with Gasteiger partial charge in [-0.1, -0.05) is 6.08 Å². The summed E-state index contributed by atoms with van der Waals surface area (Å²) in [4.78, 5) is 11.1. The van der Waals surface area contributed by atoms with Gasteiger partial charge >= 0.3 is 5.97 Å². The smallest absolute Gasteiger partial charge is 0.322 e. The fraction of sp³-hybridized carbons (Fsp3) is 0.200. The number of nitriles is 1. The van der Waals surface area contributed by atoms with E-state index in [9.17, 15) is 13.2 Å². The second kappa shape index (κ2) is 5.77. The number of rotatable bonds is 6. The van der Waals surface area contributed by atoms with Crippen LogP contribution >= 0.6 is 11.3 Å². The number of carboxylic acid groups (broad SMARTS) is 1. The molecule has 1 atom stereocenters. The first-order valence-corrected chi connectivity index (χ1v) is 7.06. The highest BCUT2D eigenvalue weighted by molar-refractivity contribution is 7.91. The van der Waals surface area contributed by atoms with Gasteiger partial charge in [0.15, 0.2) is 0 Å². The summed E-state index contributed by atoms with van der Waals surface area (Å²) in [6.07, 6.45) is 1.29. The number of hydrogen-bond acceptors (Lipinski definition) is 5. The van der Waals surface area contributed by atoms with Crippen LogP contribution in [-0.2, 0) is 14.8 Å². The Balaban J connectivity index is 2.97.